The van der Waals surface area contributed by atoms with Crippen molar-refractivity contribution in [3.63, 3.8) is 0 Å². The van der Waals surface area contributed by atoms with Crippen molar-refractivity contribution in [2.75, 3.05) is 26.2 Å². The highest BCUT2D eigenvalue weighted by molar-refractivity contribution is 4.77. The van der Waals surface area contributed by atoms with Crippen LogP contribution in [0, 0.1) is 0 Å². The Morgan fingerprint density at radius 3 is 2.27 bits per heavy atom. The summed E-state index contributed by atoms with van der Waals surface area (Å²) in [4.78, 5) is 2.58. The van der Waals surface area contributed by atoms with E-state index in [1.807, 2.05) is 0 Å². The number of likely N-dealkylation sites (tertiary alicyclic amines) is 1. The maximum absolute atomic E-state index is 5.89. The van der Waals surface area contributed by atoms with Crippen LogP contribution >= 0.6 is 0 Å². The third-order valence-electron chi connectivity index (χ3n) is 3.62. The molecular formula is C12H24N2O. The molecule has 0 aromatic heterocycles. The van der Waals surface area contributed by atoms with E-state index in [9.17, 15) is 0 Å². The van der Waals surface area contributed by atoms with Crippen LogP contribution in [0.3, 0.4) is 0 Å². The summed E-state index contributed by atoms with van der Waals surface area (Å²) in [6.45, 7) is 4.37. The van der Waals surface area contributed by atoms with E-state index in [0.29, 0.717) is 18.8 Å². The SMILES string of the molecule is NCC1CCC(CN2CCCCCC2)O1. The zero-order chi connectivity index (χ0) is 10.5. The van der Waals surface area contributed by atoms with Gasteiger partial charge in [-0.3, -0.25) is 0 Å². The van der Waals surface area contributed by atoms with E-state index in [1.54, 1.807) is 0 Å². The highest BCUT2D eigenvalue weighted by Gasteiger charge is 2.25. The van der Waals surface area contributed by atoms with E-state index in [1.165, 1.54) is 45.2 Å². The first kappa shape index (κ1) is 11.4. The standard InChI is InChI=1S/C12H24N2O/c13-9-11-5-6-12(15-11)10-14-7-3-1-2-4-8-14/h11-12H,1-10,13H2. The Balaban J connectivity index is 1.71. The van der Waals surface area contributed by atoms with Gasteiger partial charge in [-0.1, -0.05) is 12.8 Å². The summed E-state index contributed by atoms with van der Waals surface area (Å²) < 4.78 is 5.89. The van der Waals surface area contributed by atoms with Gasteiger partial charge in [-0.25, -0.2) is 0 Å². The fraction of sp³-hybridized carbons (Fsp3) is 1.00. The van der Waals surface area contributed by atoms with Crippen molar-refractivity contribution in [3.8, 4) is 0 Å². The lowest BCUT2D eigenvalue weighted by molar-refractivity contribution is 0.0277. The van der Waals surface area contributed by atoms with E-state index in [2.05, 4.69) is 4.90 Å². The second kappa shape index (κ2) is 5.83. The minimum atomic E-state index is 0.335. The average Bonchev–Trinajstić information content (AvgIpc) is 2.54. The Bertz CT molecular complexity index is 178. The van der Waals surface area contributed by atoms with Crippen LogP contribution in [0.1, 0.15) is 38.5 Å². The van der Waals surface area contributed by atoms with Gasteiger partial charge in [0.1, 0.15) is 0 Å². The van der Waals surface area contributed by atoms with Gasteiger partial charge in [0, 0.05) is 13.1 Å². The summed E-state index contributed by atoms with van der Waals surface area (Å²) in [5.41, 5.74) is 5.62. The molecule has 0 spiro atoms. The van der Waals surface area contributed by atoms with Crippen LogP contribution in [0.4, 0.5) is 0 Å². The van der Waals surface area contributed by atoms with Crippen molar-refractivity contribution in [1.29, 1.82) is 0 Å². The maximum Gasteiger partial charge on any atom is 0.0707 e. The molecule has 15 heavy (non-hydrogen) atoms. The Morgan fingerprint density at radius 1 is 1.00 bits per heavy atom. The summed E-state index contributed by atoms with van der Waals surface area (Å²) in [5.74, 6) is 0. The summed E-state index contributed by atoms with van der Waals surface area (Å²) in [6, 6.07) is 0. The predicted octanol–water partition coefficient (Wildman–Crippen LogP) is 1.37. The topological polar surface area (TPSA) is 38.5 Å². The van der Waals surface area contributed by atoms with E-state index in [0.717, 1.165) is 13.0 Å². The molecule has 2 rings (SSSR count). The van der Waals surface area contributed by atoms with Crippen molar-refractivity contribution >= 4 is 0 Å². The molecule has 0 radical (unpaired) electrons. The number of nitrogens with zero attached hydrogens (tertiary/aromatic N) is 1. The first-order chi connectivity index (χ1) is 7.38. The number of hydrogen-bond acceptors (Lipinski definition) is 3. The Morgan fingerprint density at radius 2 is 1.67 bits per heavy atom. The van der Waals surface area contributed by atoms with Gasteiger partial charge in [0.25, 0.3) is 0 Å². The molecule has 2 aliphatic rings. The zero-order valence-corrected chi connectivity index (χ0v) is 9.66. The fourth-order valence-corrected chi connectivity index (χ4v) is 2.69. The van der Waals surface area contributed by atoms with Crippen LogP contribution in [0.25, 0.3) is 0 Å². The molecule has 3 nitrogen and oxygen atoms in total. The molecule has 2 fully saturated rings. The fourth-order valence-electron chi connectivity index (χ4n) is 2.69. The third kappa shape index (κ3) is 3.44. The van der Waals surface area contributed by atoms with Crippen LogP contribution in [-0.2, 0) is 4.74 Å². The van der Waals surface area contributed by atoms with Crippen molar-refractivity contribution < 1.29 is 4.74 Å². The molecule has 0 bridgehead atoms. The van der Waals surface area contributed by atoms with Crippen LogP contribution in [0.2, 0.25) is 0 Å². The third-order valence-corrected chi connectivity index (χ3v) is 3.62. The van der Waals surface area contributed by atoms with Crippen LogP contribution < -0.4 is 5.73 Å². The summed E-state index contributed by atoms with van der Waals surface area (Å²) in [5, 5.41) is 0. The lowest BCUT2D eigenvalue weighted by atomic mass is 10.2. The quantitative estimate of drug-likeness (QED) is 0.768. The maximum atomic E-state index is 5.89. The van der Waals surface area contributed by atoms with E-state index < -0.39 is 0 Å². The van der Waals surface area contributed by atoms with Crippen molar-refractivity contribution in [2.24, 2.45) is 5.73 Å². The second-order valence-corrected chi connectivity index (χ2v) is 4.91. The van der Waals surface area contributed by atoms with Gasteiger partial charge < -0.3 is 15.4 Å². The molecule has 3 heteroatoms. The molecule has 0 aliphatic carbocycles. The average molecular weight is 212 g/mol. The molecule has 0 aromatic rings. The molecule has 2 saturated heterocycles. The van der Waals surface area contributed by atoms with Gasteiger partial charge in [0.2, 0.25) is 0 Å². The Labute approximate surface area is 93.0 Å². The minimum absolute atomic E-state index is 0.335. The van der Waals surface area contributed by atoms with E-state index in [-0.39, 0.29) is 0 Å². The molecule has 2 unspecified atom stereocenters. The summed E-state index contributed by atoms with van der Waals surface area (Å²) in [7, 11) is 0. The molecule has 88 valence electrons. The smallest absolute Gasteiger partial charge is 0.0707 e. The first-order valence-electron chi connectivity index (χ1n) is 6.46. The van der Waals surface area contributed by atoms with E-state index >= 15 is 0 Å². The van der Waals surface area contributed by atoms with Gasteiger partial charge in [0.15, 0.2) is 0 Å². The lowest BCUT2D eigenvalue weighted by Gasteiger charge is -2.23. The van der Waals surface area contributed by atoms with Gasteiger partial charge in [-0.2, -0.15) is 0 Å². The molecule has 2 aliphatic heterocycles. The minimum Gasteiger partial charge on any atom is -0.372 e. The summed E-state index contributed by atoms with van der Waals surface area (Å²) in [6.07, 6.45) is 8.72. The highest BCUT2D eigenvalue weighted by Crippen LogP contribution is 2.20. The number of hydrogen-bond donors (Lipinski definition) is 1. The molecular weight excluding hydrogens is 188 g/mol. The first-order valence-corrected chi connectivity index (χ1v) is 6.46. The number of ether oxygens (including phenoxy) is 1. The summed E-state index contributed by atoms with van der Waals surface area (Å²) >= 11 is 0. The van der Waals surface area contributed by atoms with Crippen LogP contribution in [0.15, 0.2) is 0 Å². The Hall–Kier alpha value is -0.120. The zero-order valence-electron chi connectivity index (χ0n) is 9.66. The van der Waals surface area contributed by atoms with Gasteiger partial charge in [0.05, 0.1) is 12.2 Å². The lowest BCUT2D eigenvalue weighted by Crippen LogP contribution is -2.34. The van der Waals surface area contributed by atoms with E-state index in [4.69, 9.17) is 10.5 Å². The molecule has 0 saturated carbocycles. The van der Waals surface area contributed by atoms with Gasteiger partial charge >= 0.3 is 0 Å². The van der Waals surface area contributed by atoms with Crippen LogP contribution in [0.5, 0.6) is 0 Å². The normalized spacial score (nSPS) is 34.2. The number of rotatable bonds is 3. The van der Waals surface area contributed by atoms with Crippen molar-refractivity contribution in [1.82, 2.24) is 4.90 Å². The molecule has 0 aromatic carbocycles. The monoisotopic (exact) mass is 212 g/mol. The van der Waals surface area contributed by atoms with Crippen molar-refractivity contribution in [2.45, 2.75) is 50.7 Å². The van der Waals surface area contributed by atoms with Gasteiger partial charge in [-0.05, 0) is 38.8 Å². The second-order valence-electron chi connectivity index (χ2n) is 4.91. The highest BCUT2D eigenvalue weighted by atomic mass is 16.5. The van der Waals surface area contributed by atoms with Gasteiger partial charge in [-0.15, -0.1) is 0 Å². The Kier molecular flexibility index (Phi) is 4.42. The predicted molar refractivity (Wildman–Crippen MR) is 61.9 cm³/mol. The van der Waals surface area contributed by atoms with Crippen molar-refractivity contribution in [3.05, 3.63) is 0 Å². The number of nitrogens with two attached hydrogens (primary N) is 1. The molecule has 2 atom stereocenters. The largest absolute Gasteiger partial charge is 0.372 e. The molecule has 2 N–H and O–H groups in total. The molecule has 0 amide bonds. The molecule has 2 heterocycles. The van der Waals surface area contributed by atoms with Crippen LogP contribution in [-0.4, -0.2) is 43.3 Å².